The molecule has 0 saturated heterocycles. The lowest BCUT2D eigenvalue weighted by atomic mass is 9.95. The molecular formula is C18H26N6O4. The van der Waals surface area contributed by atoms with Crippen LogP contribution in [0.5, 0.6) is 0 Å². The molecule has 10 nitrogen and oxygen atoms in total. The normalized spacial score (nSPS) is 14.6. The molecule has 5 N–H and O–H groups in total. The van der Waals surface area contributed by atoms with Crippen molar-refractivity contribution < 1.29 is 19.8 Å². The lowest BCUT2D eigenvalue weighted by Gasteiger charge is -2.30. The van der Waals surface area contributed by atoms with Crippen molar-refractivity contribution in [2.75, 3.05) is 0 Å². The van der Waals surface area contributed by atoms with Gasteiger partial charge < -0.3 is 20.2 Å². The van der Waals surface area contributed by atoms with Crippen molar-refractivity contribution in [2.24, 2.45) is 4.99 Å². The third-order valence-corrected chi connectivity index (χ3v) is 4.17. The second kappa shape index (κ2) is 9.27. The smallest absolute Gasteiger partial charge is 0.328 e. The van der Waals surface area contributed by atoms with E-state index in [-0.39, 0.29) is 12.8 Å². The highest BCUT2D eigenvalue weighted by Gasteiger charge is 2.28. The van der Waals surface area contributed by atoms with Crippen LogP contribution in [0.2, 0.25) is 0 Å². The van der Waals surface area contributed by atoms with Crippen molar-refractivity contribution in [3.05, 3.63) is 36.4 Å². The van der Waals surface area contributed by atoms with Crippen LogP contribution in [0.4, 0.5) is 0 Å². The minimum absolute atomic E-state index is 0.206. The Labute approximate surface area is 162 Å². The van der Waals surface area contributed by atoms with Crippen LogP contribution in [0.3, 0.4) is 0 Å². The van der Waals surface area contributed by atoms with Gasteiger partial charge in [-0.2, -0.15) is 0 Å². The lowest BCUT2D eigenvalue weighted by molar-refractivity contribution is -0.140. The first kappa shape index (κ1) is 21.3. The van der Waals surface area contributed by atoms with Gasteiger partial charge in [-0.1, -0.05) is 0 Å². The molecule has 0 spiro atoms. The molecule has 0 aliphatic carbocycles. The van der Waals surface area contributed by atoms with Gasteiger partial charge in [-0.05, 0) is 20.8 Å². The number of carbonyl (C=O) groups is 2. The number of H-pyrrole nitrogens is 2. The number of nitrogens with zero attached hydrogens (tertiary/aromatic N) is 3. The Hall–Kier alpha value is -3.01. The summed E-state index contributed by atoms with van der Waals surface area (Å²) in [5.74, 6) is -2.00. The van der Waals surface area contributed by atoms with E-state index in [1.165, 1.54) is 12.7 Å². The average molecular weight is 390 g/mol. The number of aliphatic imine (C=N–C) groups is 1. The number of carboxylic acids is 2. The predicted octanol–water partition coefficient (Wildman–Crippen LogP) is 1.04. The molecule has 10 heteroatoms. The molecule has 28 heavy (non-hydrogen) atoms. The van der Waals surface area contributed by atoms with E-state index in [0.717, 1.165) is 0 Å². The number of hydrogen-bond acceptors (Lipinski definition) is 6. The van der Waals surface area contributed by atoms with Crippen molar-refractivity contribution in [3.63, 3.8) is 0 Å². The Kier molecular flexibility index (Phi) is 7.05. The Bertz CT molecular complexity index is 798. The molecule has 0 aliphatic heterocycles. The van der Waals surface area contributed by atoms with Gasteiger partial charge in [0, 0.05) is 54.3 Å². The number of aromatic nitrogens is 4. The van der Waals surface area contributed by atoms with Crippen LogP contribution in [0.15, 0.2) is 30.0 Å². The zero-order valence-electron chi connectivity index (χ0n) is 16.1. The quantitative estimate of drug-likeness (QED) is 0.359. The Balaban J connectivity index is 2.03. The number of rotatable bonds is 11. The van der Waals surface area contributed by atoms with Gasteiger partial charge in [-0.15, -0.1) is 0 Å². The van der Waals surface area contributed by atoms with Gasteiger partial charge >= 0.3 is 11.9 Å². The summed E-state index contributed by atoms with van der Waals surface area (Å²) in [6.45, 7) is 5.47. The molecule has 2 unspecified atom stereocenters. The minimum atomic E-state index is -1.03. The molecule has 0 amide bonds. The van der Waals surface area contributed by atoms with E-state index in [2.05, 4.69) is 30.2 Å². The molecule has 2 aromatic rings. The van der Waals surface area contributed by atoms with Gasteiger partial charge in [0.15, 0.2) is 6.04 Å². The standard InChI is InChI=1S/C18H26N6O4/c1-11(23-14(16(25)26)4-12-7-19-9-21-12)6-18(2,3)24-15(17(27)28)5-13-8-20-10-22-13/h7-10,14-15,24H,4-6H2,1-3H3,(H,19,21)(H,20,22)(H,25,26)(H,27,28). The highest BCUT2D eigenvalue weighted by molar-refractivity contribution is 5.86. The molecule has 2 heterocycles. The summed E-state index contributed by atoms with van der Waals surface area (Å²) in [6, 6.07) is -1.75. The molecule has 0 fully saturated rings. The van der Waals surface area contributed by atoms with Crippen molar-refractivity contribution in [1.29, 1.82) is 0 Å². The fourth-order valence-electron chi connectivity index (χ4n) is 3.08. The lowest BCUT2D eigenvalue weighted by Crippen LogP contribution is -2.51. The van der Waals surface area contributed by atoms with E-state index in [9.17, 15) is 19.8 Å². The topological polar surface area (TPSA) is 156 Å². The first-order valence-corrected chi connectivity index (χ1v) is 8.87. The third-order valence-electron chi connectivity index (χ3n) is 4.17. The van der Waals surface area contributed by atoms with E-state index in [1.807, 2.05) is 13.8 Å². The SMILES string of the molecule is CC(CC(C)(C)NC(Cc1cnc[nH]1)C(=O)O)=NC(Cc1cnc[nH]1)C(=O)O. The number of carboxylic acid groups (broad SMARTS) is 2. The fourth-order valence-corrected chi connectivity index (χ4v) is 3.08. The Morgan fingerprint density at radius 2 is 1.68 bits per heavy atom. The van der Waals surface area contributed by atoms with Crippen molar-refractivity contribution >= 4 is 17.7 Å². The first-order valence-electron chi connectivity index (χ1n) is 8.87. The molecular weight excluding hydrogens is 364 g/mol. The van der Waals surface area contributed by atoms with E-state index in [4.69, 9.17) is 0 Å². The van der Waals surface area contributed by atoms with E-state index >= 15 is 0 Å². The predicted molar refractivity (Wildman–Crippen MR) is 102 cm³/mol. The third kappa shape index (κ3) is 6.62. The molecule has 0 aliphatic rings. The summed E-state index contributed by atoms with van der Waals surface area (Å²) in [5.41, 5.74) is 1.42. The van der Waals surface area contributed by atoms with Crippen LogP contribution in [-0.2, 0) is 22.4 Å². The maximum Gasteiger partial charge on any atom is 0.328 e. The van der Waals surface area contributed by atoms with Crippen LogP contribution in [0, 0.1) is 0 Å². The average Bonchev–Trinajstić information content (AvgIpc) is 3.26. The number of aromatic amines is 2. The van der Waals surface area contributed by atoms with Gasteiger partial charge in [0.1, 0.15) is 6.04 Å². The second-order valence-electron chi connectivity index (χ2n) is 7.38. The number of hydrogen-bond donors (Lipinski definition) is 5. The van der Waals surface area contributed by atoms with Crippen LogP contribution in [0.1, 0.15) is 38.6 Å². The van der Waals surface area contributed by atoms with Crippen LogP contribution < -0.4 is 5.32 Å². The summed E-state index contributed by atoms with van der Waals surface area (Å²) in [5, 5.41) is 22.1. The Morgan fingerprint density at radius 3 is 2.14 bits per heavy atom. The monoisotopic (exact) mass is 390 g/mol. The van der Waals surface area contributed by atoms with Crippen molar-refractivity contribution in [2.45, 2.75) is 57.7 Å². The number of aliphatic carboxylic acids is 2. The maximum atomic E-state index is 11.6. The van der Waals surface area contributed by atoms with E-state index < -0.39 is 29.6 Å². The zero-order chi connectivity index (χ0) is 20.7. The highest BCUT2D eigenvalue weighted by Crippen LogP contribution is 2.14. The van der Waals surface area contributed by atoms with Crippen LogP contribution in [0.25, 0.3) is 0 Å². The van der Waals surface area contributed by atoms with Gasteiger partial charge in [0.05, 0.1) is 12.7 Å². The molecule has 0 bridgehead atoms. The van der Waals surface area contributed by atoms with Gasteiger partial charge in [-0.25, -0.2) is 14.8 Å². The van der Waals surface area contributed by atoms with Crippen LogP contribution in [-0.4, -0.2) is 65.4 Å². The molecule has 0 aromatic carbocycles. The molecule has 0 saturated carbocycles. The summed E-state index contributed by atoms with van der Waals surface area (Å²) in [7, 11) is 0. The molecule has 152 valence electrons. The van der Waals surface area contributed by atoms with Crippen molar-refractivity contribution in [3.8, 4) is 0 Å². The number of nitrogens with one attached hydrogen (secondary N) is 3. The fraction of sp³-hybridized carbons (Fsp3) is 0.500. The number of imidazole rings is 2. The minimum Gasteiger partial charge on any atom is -0.480 e. The van der Waals surface area contributed by atoms with Gasteiger partial charge in [0.2, 0.25) is 0 Å². The maximum absolute atomic E-state index is 11.6. The molecule has 2 aromatic heterocycles. The van der Waals surface area contributed by atoms with Gasteiger partial charge in [-0.3, -0.25) is 15.1 Å². The first-order chi connectivity index (χ1) is 13.2. The zero-order valence-corrected chi connectivity index (χ0v) is 16.1. The summed E-state index contributed by atoms with van der Waals surface area (Å²) in [6.07, 6.45) is 7.01. The Morgan fingerprint density at radius 1 is 1.11 bits per heavy atom. The van der Waals surface area contributed by atoms with Crippen molar-refractivity contribution in [1.82, 2.24) is 25.3 Å². The van der Waals surface area contributed by atoms with E-state index in [0.29, 0.717) is 23.5 Å². The molecule has 0 radical (unpaired) electrons. The molecule has 2 rings (SSSR count). The highest BCUT2D eigenvalue weighted by atomic mass is 16.4. The van der Waals surface area contributed by atoms with Gasteiger partial charge in [0.25, 0.3) is 0 Å². The van der Waals surface area contributed by atoms with E-state index in [1.54, 1.807) is 19.3 Å². The largest absolute Gasteiger partial charge is 0.480 e. The summed E-state index contributed by atoms with van der Waals surface area (Å²) >= 11 is 0. The second-order valence-corrected chi connectivity index (χ2v) is 7.38. The summed E-state index contributed by atoms with van der Waals surface area (Å²) < 4.78 is 0. The van der Waals surface area contributed by atoms with Crippen LogP contribution >= 0.6 is 0 Å². The molecule has 2 atom stereocenters. The summed E-state index contributed by atoms with van der Waals surface area (Å²) in [4.78, 5) is 41.0.